The van der Waals surface area contributed by atoms with Crippen molar-refractivity contribution in [2.45, 2.75) is 163 Å². The van der Waals surface area contributed by atoms with Gasteiger partial charge in [0.15, 0.2) is 0 Å². The van der Waals surface area contributed by atoms with Gasteiger partial charge in [-0.1, -0.05) is 156 Å². The highest BCUT2D eigenvalue weighted by Crippen LogP contribution is 2.21. The summed E-state index contributed by atoms with van der Waals surface area (Å²) in [5.74, 6) is 1.53. The lowest BCUT2D eigenvalue weighted by molar-refractivity contribution is -0.138. The number of carboxylic acid groups (broad SMARTS) is 1. The third kappa shape index (κ3) is 24.0. The fourth-order valence-corrected chi connectivity index (χ4v) is 4.82. The van der Waals surface area contributed by atoms with Crippen LogP contribution in [0.4, 0.5) is 0 Å². The summed E-state index contributed by atoms with van der Waals surface area (Å²) in [6.45, 7) is 9.27. The highest BCUT2D eigenvalue weighted by molar-refractivity contribution is 5.66. The van der Waals surface area contributed by atoms with Gasteiger partial charge in [-0.15, -0.1) is 0 Å². The SMILES string of the molecule is CCCCCCCC(C)CCCCCC(C)CCCCCCCCCC(C)CC(=O)O. The first-order valence-electron chi connectivity index (χ1n) is 14.2. The number of carbonyl (C=O) groups is 1. The number of hydrogen-bond acceptors (Lipinski definition) is 1. The number of hydrogen-bond donors (Lipinski definition) is 1. The molecule has 0 aromatic carbocycles. The molecule has 2 heteroatoms. The summed E-state index contributed by atoms with van der Waals surface area (Å²) in [7, 11) is 0. The van der Waals surface area contributed by atoms with Crippen molar-refractivity contribution in [3.8, 4) is 0 Å². The summed E-state index contributed by atoms with van der Waals surface area (Å²) in [6.07, 6.45) is 27.9. The van der Waals surface area contributed by atoms with Crippen molar-refractivity contribution in [3.05, 3.63) is 0 Å². The van der Waals surface area contributed by atoms with Crippen LogP contribution in [0.25, 0.3) is 0 Å². The van der Waals surface area contributed by atoms with Gasteiger partial charge in [-0.2, -0.15) is 0 Å². The van der Waals surface area contributed by atoms with E-state index in [0.29, 0.717) is 12.3 Å². The normalized spacial score (nSPS) is 14.5. The minimum Gasteiger partial charge on any atom is -0.481 e. The van der Waals surface area contributed by atoms with Crippen LogP contribution in [0, 0.1) is 17.8 Å². The Morgan fingerprint density at radius 1 is 0.516 bits per heavy atom. The van der Waals surface area contributed by atoms with Gasteiger partial charge in [0.05, 0.1) is 0 Å². The van der Waals surface area contributed by atoms with Crippen LogP contribution in [0.3, 0.4) is 0 Å². The predicted molar refractivity (Wildman–Crippen MR) is 138 cm³/mol. The first-order valence-corrected chi connectivity index (χ1v) is 14.2. The smallest absolute Gasteiger partial charge is 0.303 e. The van der Waals surface area contributed by atoms with Gasteiger partial charge in [0, 0.05) is 6.42 Å². The van der Waals surface area contributed by atoms with Gasteiger partial charge >= 0.3 is 5.97 Å². The molecule has 0 bridgehead atoms. The summed E-state index contributed by atoms with van der Waals surface area (Å²) in [6, 6.07) is 0. The summed E-state index contributed by atoms with van der Waals surface area (Å²) in [4.78, 5) is 10.7. The molecular weight excluding hydrogens is 380 g/mol. The van der Waals surface area contributed by atoms with Crippen LogP contribution in [-0.4, -0.2) is 11.1 Å². The Kier molecular flexibility index (Phi) is 22.3. The van der Waals surface area contributed by atoms with Crippen molar-refractivity contribution in [1.29, 1.82) is 0 Å². The molecule has 0 aliphatic carbocycles. The Bertz CT molecular complexity index is 379. The molecule has 0 aliphatic rings. The van der Waals surface area contributed by atoms with Crippen LogP contribution in [0.1, 0.15) is 163 Å². The van der Waals surface area contributed by atoms with E-state index in [9.17, 15) is 4.79 Å². The second-order valence-electron chi connectivity index (χ2n) is 10.8. The second-order valence-corrected chi connectivity index (χ2v) is 10.8. The molecule has 31 heavy (non-hydrogen) atoms. The number of aliphatic carboxylic acids is 1. The van der Waals surface area contributed by atoms with E-state index in [2.05, 4.69) is 27.7 Å². The van der Waals surface area contributed by atoms with E-state index in [1.54, 1.807) is 0 Å². The van der Waals surface area contributed by atoms with Crippen molar-refractivity contribution in [3.63, 3.8) is 0 Å². The molecule has 0 saturated carbocycles. The van der Waals surface area contributed by atoms with Gasteiger partial charge < -0.3 is 5.11 Å². The lowest BCUT2D eigenvalue weighted by Crippen LogP contribution is -2.03. The fraction of sp³-hybridized carbons (Fsp3) is 0.966. The molecule has 3 atom stereocenters. The lowest BCUT2D eigenvalue weighted by Gasteiger charge is -2.13. The summed E-state index contributed by atoms with van der Waals surface area (Å²) >= 11 is 0. The van der Waals surface area contributed by atoms with E-state index >= 15 is 0 Å². The maximum absolute atomic E-state index is 10.7. The zero-order valence-electron chi connectivity index (χ0n) is 21.9. The maximum Gasteiger partial charge on any atom is 0.303 e. The van der Waals surface area contributed by atoms with E-state index in [4.69, 9.17) is 5.11 Å². The molecular formula is C29H58O2. The largest absolute Gasteiger partial charge is 0.481 e. The Morgan fingerprint density at radius 3 is 1.16 bits per heavy atom. The van der Waals surface area contributed by atoms with Crippen LogP contribution < -0.4 is 0 Å². The third-order valence-corrected chi connectivity index (χ3v) is 7.11. The van der Waals surface area contributed by atoms with Crippen LogP contribution in [-0.2, 0) is 4.79 Å². The van der Waals surface area contributed by atoms with Crippen molar-refractivity contribution < 1.29 is 9.90 Å². The summed E-state index contributed by atoms with van der Waals surface area (Å²) < 4.78 is 0. The summed E-state index contributed by atoms with van der Waals surface area (Å²) in [5.41, 5.74) is 0. The maximum atomic E-state index is 10.7. The van der Waals surface area contributed by atoms with Crippen LogP contribution in [0.5, 0.6) is 0 Å². The zero-order chi connectivity index (χ0) is 23.2. The van der Waals surface area contributed by atoms with E-state index in [1.807, 2.05) is 0 Å². The first-order chi connectivity index (χ1) is 15.0. The third-order valence-electron chi connectivity index (χ3n) is 7.11. The standard InChI is InChI=1S/C29H58O2/c1-5-6-7-11-15-20-26(2)22-18-14-19-23-27(3)21-16-12-9-8-10-13-17-24-28(4)25-29(30)31/h26-28H,5-25H2,1-4H3,(H,30,31). The second kappa shape index (κ2) is 22.7. The van der Waals surface area contributed by atoms with Gasteiger partial charge in [-0.25, -0.2) is 0 Å². The molecule has 0 spiro atoms. The fourth-order valence-electron chi connectivity index (χ4n) is 4.82. The lowest BCUT2D eigenvalue weighted by atomic mass is 9.93. The minimum absolute atomic E-state index is 0.330. The molecule has 0 rings (SSSR count). The molecule has 0 aromatic heterocycles. The van der Waals surface area contributed by atoms with Crippen LogP contribution in [0.15, 0.2) is 0 Å². The number of unbranched alkanes of at least 4 members (excludes halogenated alkanes) is 12. The predicted octanol–water partition coefficient (Wildman–Crippen LogP) is 10.2. The molecule has 0 heterocycles. The van der Waals surface area contributed by atoms with Crippen LogP contribution in [0.2, 0.25) is 0 Å². The molecule has 0 fully saturated rings. The monoisotopic (exact) mass is 438 g/mol. The zero-order valence-corrected chi connectivity index (χ0v) is 21.9. The molecule has 0 amide bonds. The Hall–Kier alpha value is -0.530. The van der Waals surface area contributed by atoms with Crippen molar-refractivity contribution >= 4 is 5.97 Å². The topological polar surface area (TPSA) is 37.3 Å². The molecule has 0 radical (unpaired) electrons. The number of carboxylic acids is 1. The highest BCUT2D eigenvalue weighted by Gasteiger charge is 2.07. The minimum atomic E-state index is -0.653. The molecule has 3 unspecified atom stereocenters. The molecule has 1 N–H and O–H groups in total. The summed E-state index contributed by atoms with van der Waals surface area (Å²) in [5, 5.41) is 8.78. The average Bonchev–Trinajstić information content (AvgIpc) is 2.71. The number of rotatable bonds is 24. The molecule has 0 aromatic rings. The quantitative estimate of drug-likeness (QED) is 0.152. The van der Waals surface area contributed by atoms with Gasteiger partial charge in [-0.05, 0) is 17.8 Å². The van der Waals surface area contributed by atoms with Crippen molar-refractivity contribution in [1.82, 2.24) is 0 Å². The Labute approximate surface area is 196 Å². The Balaban J connectivity index is 3.32. The first kappa shape index (κ1) is 30.5. The molecule has 0 aliphatic heterocycles. The molecule has 0 saturated heterocycles. The van der Waals surface area contributed by atoms with Crippen molar-refractivity contribution in [2.75, 3.05) is 0 Å². The van der Waals surface area contributed by atoms with Gasteiger partial charge in [0.1, 0.15) is 0 Å². The van der Waals surface area contributed by atoms with E-state index in [0.717, 1.165) is 18.3 Å². The average molecular weight is 439 g/mol. The van der Waals surface area contributed by atoms with Crippen molar-refractivity contribution in [2.24, 2.45) is 17.8 Å². The molecule has 186 valence electrons. The van der Waals surface area contributed by atoms with E-state index in [-0.39, 0.29) is 0 Å². The van der Waals surface area contributed by atoms with E-state index < -0.39 is 5.97 Å². The van der Waals surface area contributed by atoms with Gasteiger partial charge in [0.2, 0.25) is 0 Å². The Morgan fingerprint density at radius 2 is 0.806 bits per heavy atom. The van der Waals surface area contributed by atoms with Gasteiger partial charge in [0.25, 0.3) is 0 Å². The van der Waals surface area contributed by atoms with E-state index in [1.165, 1.54) is 122 Å². The van der Waals surface area contributed by atoms with Crippen LogP contribution >= 0.6 is 0 Å². The molecule has 2 nitrogen and oxygen atoms in total. The highest BCUT2D eigenvalue weighted by atomic mass is 16.4. The van der Waals surface area contributed by atoms with Gasteiger partial charge in [-0.3, -0.25) is 4.79 Å².